The minimum Gasteiger partial charge on any atom is -0.367 e. The van der Waals surface area contributed by atoms with Gasteiger partial charge in [0, 0.05) is 29.9 Å². The lowest BCUT2D eigenvalue weighted by Crippen LogP contribution is -2.19. The molecule has 25 heavy (non-hydrogen) atoms. The number of rotatable bonds is 3. The molecule has 0 radical (unpaired) electrons. The molecule has 1 amide bonds. The summed E-state index contributed by atoms with van der Waals surface area (Å²) in [4.78, 5) is 16.6. The Bertz CT molecular complexity index is 792. The van der Waals surface area contributed by atoms with E-state index in [0.717, 1.165) is 28.1 Å². The fourth-order valence-corrected chi connectivity index (χ4v) is 4.06. The summed E-state index contributed by atoms with van der Waals surface area (Å²) in [5.41, 5.74) is 5.29. The van der Waals surface area contributed by atoms with Crippen LogP contribution in [-0.2, 0) is 6.54 Å². The van der Waals surface area contributed by atoms with Crippen molar-refractivity contribution in [2.24, 2.45) is 0 Å². The minimum absolute atomic E-state index is 0.0223. The summed E-state index contributed by atoms with van der Waals surface area (Å²) in [5, 5.41) is 6.54. The lowest BCUT2D eigenvalue weighted by atomic mass is 9.95. The predicted octanol–water partition coefficient (Wildman–Crippen LogP) is 4.44. The standard InChI is InChI=1S/C21H25N3O/c1-14-11-20(24-15-7-4-2-3-5-8-15)22-12-18(14)16-9-6-10-17-19(16)13-23-21(17)25/h6,9-12,15H,2-5,7-8,13H2,1H3,(H,22,24)(H,23,25). The van der Waals surface area contributed by atoms with Crippen LogP contribution in [0.3, 0.4) is 0 Å². The zero-order valence-corrected chi connectivity index (χ0v) is 14.8. The molecule has 130 valence electrons. The number of pyridine rings is 1. The molecule has 2 aliphatic rings. The molecule has 1 fully saturated rings. The number of aryl methyl sites for hydroxylation is 1. The van der Waals surface area contributed by atoms with Crippen LogP contribution in [0, 0.1) is 6.92 Å². The van der Waals surface area contributed by atoms with Gasteiger partial charge in [0.1, 0.15) is 5.82 Å². The fraction of sp³-hybridized carbons (Fsp3) is 0.429. The van der Waals surface area contributed by atoms with Crippen LogP contribution >= 0.6 is 0 Å². The van der Waals surface area contributed by atoms with Gasteiger partial charge in [-0.25, -0.2) is 4.98 Å². The number of aromatic nitrogens is 1. The molecule has 2 aromatic rings. The molecule has 4 nitrogen and oxygen atoms in total. The first-order valence-electron chi connectivity index (χ1n) is 9.36. The normalized spacial score (nSPS) is 17.7. The molecule has 0 unspecified atom stereocenters. The van der Waals surface area contributed by atoms with Crippen molar-refractivity contribution in [2.45, 2.75) is 58.0 Å². The Hall–Kier alpha value is -2.36. The topological polar surface area (TPSA) is 54.0 Å². The van der Waals surface area contributed by atoms with Crippen LogP contribution in [0.15, 0.2) is 30.5 Å². The zero-order valence-electron chi connectivity index (χ0n) is 14.8. The molecule has 4 rings (SSSR count). The van der Waals surface area contributed by atoms with Gasteiger partial charge >= 0.3 is 0 Å². The van der Waals surface area contributed by atoms with Gasteiger partial charge in [0.05, 0.1) is 0 Å². The first kappa shape index (κ1) is 16.1. The van der Waals surface area contributed by atoms with Crippen molar-refractivity contribution in [1.29, 1.82) is 0 Å². The smallest absolute Gasteiger partial charge is 0.251 e. The molecule has 1 saturated carbocycles. The third-order valence-corrected chi connectivity index (χ3v) is 5.45. The van der Waals surface area contributed by atoms with Crippen molar-refractivity contribution in [3.05, 3.63) is 47.2 Å². The number of carbonyl (C=O) groups is 1. The number of nitrogens with one attached hydrogen (secondary N) is 2. The van der Waals surface area contributed by atoms with Crippen molar-refractivity contribution in [2.75, 3.05) is 5.32 Å². The molecule has 2 heterocycles. The number of hydrogen-bond donors (Lipinski definition) is 2. The van der Waals surface area contributed by atoms with E-state index in [9.17, 15) is 4.79 Å². The van der Waals surface area contributed by atoms with E-state index in [-0.39, 0.29) is 5.91 Å². The van der Waals surface area contributed by atoms with Crippen LogP contribution in [-0.4, -0.2) is 16.9 Å². The lowest BCUT2D eigenvalue weighted by Gasteiger charge is -2.18. The van der Waals surface area contributed by atoms with Crippen LogP contribution in [0.25, 0.3) is 11.1 Å². The van der Waals surface area contributed by atoms with Crippen LogP contribution in [0.5, 0.6) is 0 Å². The summed E-state index contributed by atoms with van der Waals surface area (Å²) < 4.78 is 0. The molecule has 0 bridgehead atoms. The number of carbonyl (C=O) groups excluding carboxylic acids is 1. The molecule has 1 aromatic carbocycles. The highest BCUT2D eigenvalue weighted by molar-refractivity contribution is 6.00. The van der Waals surface area contributed by atoms with E-state index in [1.54, 1.807) is 0 Å². The second-order valence-corrected chi connectivity index (χ2v) is 7.23. The molecule has 0 saturated heterocycles. The summed E-state index contributed by atoms with van der Waals surface area (Å²) in [6.07, 6.45) is 9.76. The number of hydrogen-bond acceptors (Lipinski definition) is 3. The Balaban J connectivity index is 1.60. The molecular formula is C21H25N3O. The maximum atomic E-state index is 11.9. The van der Waals surface area contributed by atoms with Gasteiger partial charge in [-0.05, 0) is 48.6 Å². The second-order valence-electron chi connectivity index (χ2n) is 7.23. The van der Waals surface area contributed by atoms with Crippen molar-refractivity contribution in [1.82, 2.24) is 10.3 Å². The van der Waals surface area contributed by atoms with Gasteiger partial charge in [-0.1, -0.05) is 37.8 Å². The van der Waals surface area contributed by atoms with E-state index < -0.39 is 0 Å². The number of nitrogens with zero attached hydrogens (tertiary/aromatic N) is 1. The van der Waals surface area contributed by atoms with E-state index in [2.05, 4.69) is 34.7 Å². The highest BCUT2D eigenvalue weighted by Gasteiger charge is 2.22. The van der Waals surface area contributed by atoms with Crippen LogP contribution in [0.1, 0.15) is 60.0 Å². The van der Waals surface area contributed by atoms with Crippen molar-refractivity contribution in [3.8, 4) is 11.1 Å². The fourth-order valence-electron chi connectivity index (χ4n) is 4.06. The summed E-state index contributed by atoms with van der Waals surface area (Å²) in [7, 11) is 0. The quantitative estimate of drug-likeness (QED) is 0.816. The van der Waals surface area contributed by atoms with Crippen molar-refractivity contribution < 1.29 is 4.79 Å². The third kappa shape index (κ3) is 3.26. The molecule has 0 atom stereocenters. The highest BCUT2D eigenvalue weighted by Crippen LogP contribution is 2.32. The maximum absolute atomic E-state index is 11.9. The molecule has 1 aromatic heterocycles. The SMILES string of the molecule is Cc1cc(NC2CCCCCC2)ncc1-c1cccc2c1CNC2=O. The minimum atomic E-state index is 0.0223. The lowest BCUT2D eigenvalue weighted by molar-refractivity contribution is 0.0966. The highest BCUT2D eigenvalue weighted by atomic mass is 16.1. The number of benzene rings is 1. The average Bonchev–Trinajstić information content (AvgIpc) is 2.82. The molecule has 4 heteroatoms. The summed E-state index contributed by atoms with van der Waals surface area (Å²) in [5.74, 6) is 0.990. The number of anilines is 1. The molecule has 2 N–H and O–H groups in total. The Morgan fingerprint density at radius 3 is 2.60 bits per heavy atom. The molecule has 1 aliphatic carbocycles. The van der Waals surface area contributed by atoms with Crippen LogP contribution in [0.2, 0.25) is 0 Å². The first-order valence-corrected chi connectivity index (χ1v) is 9.36. The van der Waals surface area contributed by atoms with Gasteiger partial charge in [-0.3, -0.25) is 4.79 Å². The predicted molar refractivity (Wildman–Crippen MR) is 101 cm³/mol. The van der Waals surface area contributed by atoms with Gasteiger partial charge in [-0.15, -0.1) is 0 Å². The van der Waals surface area contributed by atoms with Gasteiger partial charge < -0.3 is 10.6 Å². The maximum Gasteiger partial charge on any atom is 0.251 e. The number of amides is 1. The van der Waals surface area contributed by atoms with E-state index in [1.807, 2.05) is 18.3 Å². The monoisotopic (exact) mass is 335 g/mol. The Morgan fingerprint density at radius 2 is 1.84 bits per heavy atom. The molecule has 0 spiro atoms. The van der Waals surface area contributed by atoms with Crippen molar-refractivity contribution in [3.63, 3.8) is 0 Å². The Labute approximate surface area is 149 Å². The Morgan fingerprint density at radius 1 is 1.08 bits per heavy atom. The average molecular weight is 335 g/mol. The molecule has 1 aliphatic heterocycles. The first-order chi connectivity index (χ1) is 12.2. The zero-order chi connectivity index (χ0) is 17.2. The van der Waals surface area contributed by atoms with Crippen molar-refractivity contribution >= 4 is 11.7 Å². The van der Waals surface area contributed by atoms with Gasteiger partial charge in [0.2, 0.25) is 0 Å². The summed E-state index contributed by atoms with van der Waals surface area (Å²) in [6.45, 7) is 2.73. The van der Waals surface area contributed by atoms with Gasteiger partial charge in [0.25, 0.3) is 5.91 Å². The largest absolute Gasteiger partial charge is 0.367 e. The van der Waals surface area contributed by atoms with Gasteiger partial charge in [-0.2, -0.15) is 0 Å². The summed E-state index contributed by atoms with van der Waals surface area (Å²) >= 11 is 0. The summed E-state index contributed by atoms with van der Waals surface area (Å²) in [6, 6.07) is 8.62. The van der Waals surface area contributed by atoms with E-state index >= 15 is 0 Å². The third-order valence-electron chi connectivity index (χ3n) is 5.45. The van der Waals surface area contributed by atoms with E-state index in [4.69, 9.17) is 0 Å². The Kier molecular flexibility index (Phi) is 4.43. The van der Waals surface area contributed by atoms with E-state index in [0.29, 0.717) is 12.6 Å². The second kappa shape index (κ2) is 6.87. The van der Waals surface area contributed by atoms with Crippen LogP contribution in [0.4, 0.5) is 5.82 Å². The number of fused-ring (bicyclic) bond motifs is 1. The van der Waals surface area contributed by atoms with Gasteiger partial charge in [0.15, 0.2) is 0 Å². The molecular weight excluding hydrogens is 310 g/mol. The van der Waals surface area contributed by atoms with Crippen LogP contribution < -0.4 is 10.6 Å². The van der Waals surface area contributed by atoms with E-state index in [1.165, 1.54) is 44.1 Å².